The average molecular weight is 234 g/mol. The van der Waals surface area contributed by atoms with Crippen LogP contribution in [0.5, 0.6) is 0 Å². The normalized spacial score (nSPS) is 10.4. The maximum absolute atomic E-state index is 5.64. The standard InChI is InChI=1S/C11H14N4S/c1-8-13-14-11(16-8)15(2)7-9-3-5-10(12)6-4-9/h3-6H,7,12H2,1-2H3. The SMILES string of the molecule is Cc1nnc(N(C)Cc2ccc(N)cc2)s1. The molecule has 16 heavy (non-hydrogen) atoms. The molecule has 1 heterocycles. The van der Waals surface area contributed by atoms with Crippen molar-refractivity contribution >= 4 is 22.2 Å². The fourth-order valence-corrected chi connectivity index (χ4v) is 2.05. The van der Waals surface area contributed by atoms with Gasteiger partial charge in [-0.25, -0.2) is 0 Å². The Morgan fingerprint density at radius 1 is 1.25 bits per heavy atom. The molecule has 0 unspecified atom stereocenters. The van der Waals surface area contributed by atoms with Crippen LogP contribution < -0.4 is 10.6 Å². The first-order valence-electron chi connectivity index (χ1n) is 5.01. The summed E-state index contributed by atoms with van der Waals surface area (Å²) in [4.78, 5) is 2.08. The Labute approximate surface area is 98.7 Å². The van der Waals surface area contributed by atoms with Gasteiger partial charge in [-0.15, -0.1) is 10.2 Å². The van der Waals surface area contributed by atoms with Gasteiger partial charge in [0.25, 0.3) is 0 Å². The predicted octanol–water partition coefficient (Wildman–Crippen LogP) is 2.07. The van der Waals surface area contributed by atoms with Crippen LogP contribution in [0.4, 0.5) is 10.8 Å². The number of nitrogen functional groups attached to an aromatic ring is 1. The molecule has 0 bridgehead atoms. The van der Waals surface area contributed by atoms with Crippen LogP contribution in [-0.4, -0.2) is 17.2 Å². The number of rotatable bonds is 3. The molecule has 0 amide bonds. The molecule has 2 aromatic rings. The highest BCUT2D eigenvalue weighted by molar-refractivity contribution is 7.15. The van der Waals surface area contributed by atoms with Crippen molar-refractivity contribution in [2.45, 2.75) is 13.5 Å². The van der Waals surface area contributed by atoms with Gasteiger partial charge in [-0.05, 0) is 24.6 Å². The molecule has 2 rings (SSSR count). The van der Waals surface area contributed by atoms with Crippen LogP contribution >= 0.6 is 11.3 Å². The van der Waals surface area contributed by atoms with E-state index in [1.807, 2.05) is 38.2 Å². The maximum Gasteiger partial charge on any atom is 0.208 e. The Kier molecular flexibility index (Phi) is 3.05. The van der Waals surface area contributed by atoms with Crippen molar-refractivity contribution in [3.63, 3.8) is 0 Å². The molecule has 1 aromatic carbocycles. The zero-order valence-electron chi connectivity index (χ0n) is 9.34. The zero-order chi connectivity index (χ0) is 11.5. The highest BCUT2D eigenvalue weighted by atomic mass is 32.1. The van der Waals surface area contributed by atoms with Crippen molar-refractivity contribution in [2.24, 2.45) is 0 Å². The summed E-state index contributed by atoms with van der Waals surface area (Å²) in [6, 6.07) is 7.88. The van der Waals surface area contributed by atoms with Crippen LogP contribution in [0, 0.1) is 6.92 Å². The van der Waals surface area contributed by atoms with Gasteiger partial charge in [0.15, 0.2) is 0 Å². The van der Waals surface area contributed by atoms with E-state index < -0.39 is 0 Å². The van der Waals surface area contributed by atoms with Crippen molar-refractivity contribution in [1.29, 1.82) is 0 Å². The molecule has 0 saturated heterocycles. The third-order valence-electron chi connectivity index (χ3n) is 2.24. The number of nitrogens with zero attached hydrogens (tertiary/aromatic N) is 3. The van der Waals surface area contributed by atoms with E-state index in [0.717, 1.165) is 22.4 Å². The van der Waals surface area contributed by atoms with Gasteiger partial charge < -0.3 is 10.6 Å². The topological polar surface area (TPSA) is 55.0 Å². The van der Waals surface area contributed by atoms with Gasteiger partial charge in [0.2, 0.25) is 5.13 Å². The van der Waals surface area contributed by atoms with E-state index in [1.54, 1.807) is 11.3 Å². The van der Waals surface area contributed by atoms with Crippen molar-refractivity contribution in [3.05, 3.63) is 34.8 Å². The molecule has 0 saturated carbocycles. The second-order valence-corrected chi connectivity index (χ2v) is 4.86. The third-order valence-corrected chi connectivity index (χ3v) is 3.19. The van der Waals surface area contributed by atoms with E-state index in [2.05, 4.69) is 15.1 Å². The summed E-state index contributed by atoms with van der Waals surface area (Å²) in [6.07, 6.45) is 0. The number of anilines is 2. The van der Waals surface area contributed by atoms with Gasteiger partial charge in [-0.3, -0.25) is 0 Å². The van der Waals surface area contributed by atoms with Gasteiger partial charge in [0.05, 0.1) is 0 Å². The minimum atomic E-state index is 0.790. The highest BCUT2D eigenvalue weighted by Gasteiger charge is 2.06. The predicted molar refractivity (Wildman–Crippen MR) is 67.6 cm³/mol. The molecule has 4 nitrogen and oxygen atoms in total. The summed E-state index contributed by atoms with van der Waals surface area (Å²) in [7, 11) is 2.01. The highest BCUT2D eigenvalue weighted by Crippen LogP contribution is 2.20. The summed E-state index contributed by atoms with van der Waals surface area (Å²) in [5.41, 5.74) is 7.64. The molecule has 0 fully saturated rings. The lowest BCUT2D eigenvalue weighted by Crippen LogP contribution is -2.16. The number of nitrogens with two attached hydrogens (primary N) is 1. The summed E-state index contributed by atoms with van der Waals surface area (Å²) in [5, 5.41) is 10.0. The lowest BCUT2D eigenvalue weighted by Gasteiger charge is -2.14. The molecular formula is C11H14N4S. The van der Waals surface area contributed by atoms with Crippen LogP contribution in [0.2, 0.25) is 0 Å². The molecule has 2 N–H and O–H groups in total. The van der Waals surface area contributed by atoms with E-state index in [0.29, 0.717) is 0 Å². The Morgan fingerprint density at radius 2 is 1.94 bits per heavy atom. The van der Waals surface area contributed by atoms with Gasteiger partial charge in [0, 0.05) is 19.3 Å². The molecular weight excluding hydrogens is 220 g/mol. The van der Waals surface area contributed by atoms with E-state index in [1.165, 1.54) is 5.56 Å². The largest absolute Gasteiger partial charge is 0.399 e. The van der Waals surface area contributed by atoms with E-state index in [4.69, 9.17) is 5.73 Å². The molecule has 84 valence electrons. The van der Waals surface area contributed by atoms with Gasteiger partial charge in [-0.1, -0.05) is 23.5 Å². The lowest BCUT2D eigenvalue weighted by atomic mass is 10.2. The van der Waals surface area contributed by atoms with E-state index in [-0.39, 0.29) is 0 Å². The van der Waals surface area contributed by atoms with Crippen molar-refractivity contribution in [3.8, 4) is 0 Å². The van der Waals surface area contributed by atoms with Crippen LogP contribution in [0.1, 0.15) is 10.6 Å². The molecule has 0 spiro atoms. The molecule has 0 radical (unpaired) electrons. The van der Waals surface area contributed by atoms with Gasteiger partial charge in [0.1, 0.15) is 5.01 Å². The van der Waals surface area contributed by atoms with Crippen LogP contribution in [0.25, 0.3) is 0 Å². The second kappa shape index (κ2) is 4.49. The van der Waals surface area contributed by atoms with E-state index >= 15 is 0 Å². The number of aryl methyl sites for hydroxylation is 1. The summed E-state index contributed by atoms with van der Waals surface area (Å²) < 4.78 is 0. The monoisotopic (exact) mass is 234 g/mol. The Bertz CT molecular complexity index is 463. The number of hydrogen-bond donors (Lipinski definition) is 1. The lowest BCUT2D eigenvalue weighted by molar-refractivity contribution is 0.890. The zero-order valence-corrected chi connectivity index (χ0v) is 10.2. The molecule has 1 aromatic heterocycles. The molecule has 5 heteroatoms. The second-order valence-electron chi connectivity index (χ2n) is 3.70. The average Bonchev–Trinajstić information content (AvgIpc) is 2.68. The van der Waals surface area contributed by atoms with E-state index in [9.17, 15) is 0 Å². The van der Waals surface area contributed by atoms with Gasteiger partial charge in [-0.2, -0.15) is 0 Å². The first-order valence-corrected chi connectivity index (χ1v) is 5.82. The molecule has 0 aliphatic carbocycles. The Morgan fingerprint density at radius 3 is 2.50 bits per heavy atom. The summed E-state index contributed by atoms with van der Waals surface area (Å²) in [6.45, 7) is 2.77. The number of hydrogen-bond acceptors (Lipinski definition) is 5. The first kappa shape index (κ1) is 10.9. The summed E-state index contributed by atoms with van der Waals surface area (Å²) >= 11 is 1.60. The van der Waals surface area contributed by atoms with Crippen molar-refractivity contribution in [1.82, 2.24) is 10.2 Å². The molecule has 0 atom stereocenters. The van der Waals surface area contributed by atoms with Crippen LogP contribution in [-0.2, 0) is 6.54 Å². The maximum atomic E-state index is 5.64. The minimum absolute atomic E-state index is 0.790. The Hall–Kier alpha value is -1.62. The van der Waals surface area contributed by atoms with Gasteiger partial charge >= 0.3 is 0 Å². The number of aromatic nitrogens is 2. The fourth-order valence-electron chi connectivity index (χ4n) is 1.40. The first-order chi connectivity index (χ1) is 7.65. The fraction of sp³-hybridized carbons (Fsp3) is 0.273. The Balaban J connectivity index is 2.07. The number of benzene rings is 1. The third kappa shape index (κ3) is 2.49. The van der Waals surface area contributed by atoms with Crippen molar-refractivity contribution < 1.29 is 0 Å². The summed E-state index contributed by atoms with van der Waals surface area (Å²) in [5.74, 6) is 0. The molecule has 0 aliphatic heterocycles. The molecule has 0 aliphatic rings. The smallest absolute Gasteiger partial charge is 0.208 e. The minimum Gasteiger partial charge on any atom is -0.399 e. The van der Waals surface area contributed by atoms with Crippen LogP contribution in [0.15, 0.2) is 24.3 Å². The quantitative estimate of drug-likeness (QED) is 0.826. The van der Waals surface area contributed by atoms with Crippen molar-refractivity contribution in [2.75, 3.05) is 17.7 Å². The van der Waals surface area contributed by atoms with Crippen LogP contribution in [0.3, 0.4) is 0 Å².